The fraction of sp³-hybridized carbons (Fsp3) is 0.278. The molecule has 0 heterocycles. The van der Waals surface area contributed by atoms with Gasteiger partial charge in [-0.15, -0.1) is 0 Å². The first-order valence-electron chi connectivity index (χ1n) is 7.03. The highest BCUT2D eigenvalue weighted by atomic mass is 16.6. The molecule has 2 aromatic rings. The Bertz CT molecular complexity index is 748. The third kappa shape index (κ3) is 4.16. The number of fused-ring (bicyclic) bond motifs is 1. The second-order valence-corrected chi connectivity index (χ2v) is 5.84. The number of ether oxygens (including phenoxy) is 1. The zero-order chi connectivity index (χ0) is 16.2. The largest absolute Gasteiger partial charge is 0.506 e. The summed E-state index contributed by atoms with van der Waals surface area (Å²) in [6.45, 7) is 5.54. The van der Waals surface area contributed by atoms with E-state index in [4.69, 9.17) is 4.74 Å². The van der Waals surface area contributed by atoms with Crippen LogP contribution in [-0.4, -0.2) is 23.3 Å². The van der Waals surface area contributed by atoms with Crippen LogP contribution in [-0.2, 0) is 4.74 Å². The van der Waals surface area contributed by atoms with Crippen LogP contribution in [0, 0.1) is 11.8 Å². The van der Waals surface area contributed by atoms with E-state index in [1.54, 1.807) is 26.8 Å². The quantitative estimate of drug-likeness (QED) is 0.793. The highest BCUT2D eigenvalue weighted by molar-refractivity contribution is 5.90. The van der Waals surface area contributed by atoms with E-state index in [-0.39, 0.29) is 12.3 Å². The number of rotatable bonds is 1. The van der Waals surface area contributed by atoms with Crippen molar-refractivity contribution in [2.24, 2.45) is 0 Å². The number of carbonyl (C=O) groups is 1. The van der Waals surface area contributed by atoms with Crippen LogP contribution in [0.25, 0.3) is 10.8 Å². The van der Waals surface area contributed by atoms with Gasteiger partial charge in [0.1, 0.15) is 11.4 Å². The molecule has 0 unspecified atom stereocenters. The standard InChI is InChI=1S/C18H19NO3/c1-18(2,3)22-17(21)19-12-6-8-14-11-10-13-7-4-5-9-15(13)16(14)20/h4-5,7,9-11,20H,12H2,1-3H3,(H,19,21). The van der Waals surface area contributed by atoms with E-state index in [0.29, 0.717) is 5.56 Å². The molecule has 1 amide bonds. The third-order valence-corrected chi connectivity index (χ3v) is 2.84. The molecule has 2 N–H and O–H groups in total. The van der Waals surface area contributed by atoms with E-state index in [2.05, 4.69) is 17.2 Å². The zero-order valence-corrected chi connectivity index (χ0v) is 12.9. The second-order valence-electron chi connectivity index (χ2n) is 5.84. The van der Waals surface area contributed by atoms with E-state index < -0.39 is 11.7 Å². The lowest BCUT2D eigenvalue weighted by molar-refractivity contribution is 0.0535. The maximum absolute atomic E-state index is 11.5. The third-order valence-electron chi connectivity index (χ3n) is 2.84. The maximum atomic E-state index is 11.5. The van der Waals surface area contributed by atoms with Gasteiger partial charge in [-0.25, -0.2) is 4.79 Å². The highest BCUT2D eigenvalue weighted by Crippen LogP contribution is 2.27. The fourth-order valence-electron chi connectivity index (χ4n) is 1.93. The minimum absolute atomic E-state index is 0.154. The number of amides is 1. The zero-order valence-electron chi connectivity index (χ0n) is 12.9. The molecule has 22 heavy (non-hydrogen) atoms. The van der Waals surface area contributed by atoms with Crippen LogP contribution >= 0.6 is 0 Å². The molecule has 2 rings (SSSR count). The number of hydrogen-bond donors (Lipinski definition) is 2. The predicted octanol–water partition coefficient (Wildman–Crippen LogP) is 3.42. The summed E-state index contributed by atoms with van der Waals surface area (Å²) < 4.78 is 5.10. The number of benzene rings is 2. The van der Waals surface area contributed by atoms with Gasteiger partial charge in [-0.05, 0) is 32.2 Å². The summed E-state index contributed by atoms with van der Waals surface area (Å²) in [6.07, 6.45) is -0.510. The SMILES string of the molecule is CC(C)(C)OC(=O)NCC#Cc1ccc2ccccc2c1O. The Balaban J connectivity index is 2.03. The number of carbonyl (C=O) groups excluding carboxylic acids is 1. The van der Waals surface area contributed by atoms with Gasteiger partial charge >= 0.3 is 6.09 Å². The molecule has 0 atom stereocenters. The molecular formula is C18H19NO3. The van der Waals surface area contributed by atoms with Crippen LogP contribution in [0.2, 0.25) is 0 Å². The molecule has 2 aromatic carbocycles. The van der Waals surface area contributed by atoms with E-state index >= 15 is 0 Å². The van der Waals surface area contributed by atoms with E-state index in [0.717, 1.165) is 10.8 Å². The summed E-state index contributed by atoms with van der Waals surface area (Å²) in [6, 6.07) is 11.2. The Kier molecular flexibility index (Phi) is 4.57. The lowest BCUT2D eigenvalue weighted by atomic mass is 10.1. The van der Waals surface area contributed by atoms with Gasteiger partial charge in [-0.2, -0.15) is 0 Å². The van der Waals surface area contributed by atoms with Crippen LogP contribution < -0.4 is 5.32 Å². The molecular weight excluding hydrogens is 278 g/mol. The van der Waals surface area contributed by atoms with Gasteiger partial charge in [-0.1, -0.05) is 42.2 Å². The van der Waals surface area contributed by atoms with Crippen molar-refractivity contribution in [3.8, 4) is 17.6 Å². The van der Waals surface area contributed by atoms with Gasteiger partial charge in [0, 0.05) is 5.39 Å². The molecule has 0 aliphatic carbocycles. The van der Waals surface area contributed by atoms with Crippen molar-refractivity contribution in [1.29, 1.82) is 0 Å². The van der Waals surface area contributed by atoms with Crippen molar-refractivity contribution in [1.82, 2.24) is 5.32 Å². The Hall–Kier alpha value is -2.67. The first-order chi connectivity index (χ1) is 10.4. The summed E-state index contributed by atoms with van der Waals surface area (Å²) in [5.74, 6) is 5.81. The van der Waals surface area contributed by atoms with Crippen LogP contribution in [0.15, 0.2) is 36.4 Å². The molecule has 4 heteroatoms. The van der Waals surface area contributed by atoms with Crippen LogP contribution in [0.4, 0.5) is 4.79 Å². The monoisotopic (exact) mass is 297 g/mol. The number of nitrogens with one attached hydrogen (secondary N) is 1. The summed E-state index contributed by atoms with van der Waals surface area (Å²) >= 11 is 0. The average Bonchev–Trinajstić information content (AvgIpc) is 2.44. The minimum atomic E-state index is -0.534. The molecule has 0 aromatic heterocycles. The number of phenolic OH excluding ortho intramolecular Hbond substituents is 1. The van der Waals surface area contributed by atoms with Crippen LogP contribution in [0.3, 0.4) is 0 Å². The summed E-state index contributed by atoms with van der Waals surface area (Å²) in [5, 5.41) is 14.5. The van der Waals surface area contributed by atoms with E-state index in [1.165, 1.54) is 0 Å². The van der Waals surface area contributed by atoms with Gasteiger partial charge in [-0.3, -0.25) is 0 Å². The van der Waals surface area contributed by atoms with Gasteiger partial charge in [0.05, 0.1) is 12.1 Å². The average molecular weight is 297 g/mol. The Morgan fingerprint density at radius 1 is 1.23 bits per heavy atom. The number of aromatic hydroxyl groups is 1. The molecule has 0 saturated carbocycles. The molecule has 0 spiro atoms. The number of hydrogen-bond acceptors (Lipinski definition) is 3. The Morgan fingerprint density at radius 2 is 1.95 bits per heavy atom. The van der Waals surface area contributed by atoms with Crippen molar-refractivity contribution < 1.29 is 14.6 Å². The second kappa shape index (κ2) is 6.40. The highest BCUT2D eigenvalue weighted by Gasteiger charge is 2.15. The van der Waals surface area contributed by atoms with Crippen molar-refractivity contribution in [3.05, 3.63) is 42.0 Å². The van der Waals surface area contributed by atoms with Crippen molar-refractivity contribution >= 4 is 16.9 Å². The van der Waals surface area contributed by atoms with Crippen molar-refractivity contribution in [3.63, 3.8) is 0 Å². The maximum Gasteiger partial charge on any atom is 0.408 e. The Labute approximate surface area is 130 Å². The van der Waals surface area contributed by atoms with Crippen molar-refractivity contribution in [2.45, 2.75) is 26.4 Å². The molecule has 0 bridgehead atoms. The fourth-order valence-corrected chi connectivity index (χ4v) is 1.93. The van der Waals surface area contributed by atoms with Crippen LogP contribution in [0.5, 0.6) is 5.75 Å². The lowest BCUT2D eigenvalue weighted by Gasteiger charge is -2.19. The smallest absolute Gasteiger partial charge is 0.408 e. The normalized spacial score (nSPS) is 10.7. The molecule has 0 aliphatic rings. The lowest BCUT2D eigenvalue weighted by Crippen LogP contribution is -2.32. The van der Waals surface area contributed by atoms with E-state index in [1.807, 2.05) is 30.3 Å². The number of phenols is 1. The van der Waals surface area contributed by atoms with Gasteiger partial charge < -0.3 is 15.2 Å². The molecule has 114 valence electrons. The summed E-state index contributed by atoms with van der Waals surface area (Å²) in [4.78, 5) is 11.5. The Morgan fingerprint density at radius 3 is 2.68 bits per heavy atom. The molecule has 4 nitrogen and oxygen atoms in total. The molecule has 0 radical (unpaired) electrons. The molecule has 0 saturated heterocycles. The van der Waals surface area contributed by atoms with Gasteiger partial charge in [0.25, 0.3) is 0 Å². The summed E-state index contributed by atoms with van der Waals surface area (Å²) in [5.41, 5.74) is -0.00149. The van der Waals surface area contributed by atoms with Crippen molar-refractivity contribution in [2.75, 3.05) is 6.54 Å². The first kappa shape index (κ1) is 15.7. The van der Waals surface area contributed by atoms with Gasteiger partial charge in [0.2, 0.25) is 0 Å². The predicted molar refractivity (Wildman–Crippen MR) is 86.7 cm³/mol. The minimum Gasteiger partial charge on any atom is -0.506 e. The molecule has 0 aliphatic heterocycles. The van der Waals surface area contributed by atoms with Crippen LogP contribution in [0.1, 0.15) is 26.3 Å². The number of alkyl carbamates (subject to hydrolysis) is 1. The molecule has 0 fully saturated rings. The topological polar surface area (TPSA) is 58.6 Å². The first-order valence-corrected chi connectivity index (χ1v) is 7.03. The van der Waals surface area contributed by atoms with E-state index in [9.17, 15) is 9.90 Å². The summed E-state index contributed by atoms with van der Waals surface area (Å²) in [7, 11) is 0. The van der Waals surface area contributed by atoms with Gasteiger partial charge in [0.15, 0.2) is 0 Å².